The lowest BCUT2D eigenvalue weighted by molar-refractivity contribution is -0.116. The van der Waals surface area contributed by atoms with Gasteiger partial charge in [-0.2, -0.15) is 0 Å². The molecule has 1 fully saturated rings. The predicted molar refractivity (Wildman–Crippen MR) is 97.5 cm³/mol. The van der Waals surface area contributed by atoms with Gasteiger partial charge in [-0.3, -0.25) is 4.79 Å². The number of carbonyl (C=O) groups is 2. The van der Waals surface area contributed by atoms with Crippen molar-refractivity contribution in [3.8, 4) is 0 Å². The maximum absolute atomic E-state index is 12.2. The van der Waals surface area contributed by atoms with E-state index in [0.29, 0.717) is 19.6 Å². The standard InChI is InChI=1S/C18H28N4O3/c1-21(2)13-17(23)20-15-7-4-6-14(10-15)11-19-18(24)22(3)12-16-8-5-9-25-16/h4,6-7,10,16H,5,8-9,11-13H2,1-3H3,(H,19,24)(H,20,23)/t16-/m0/s1. The lowest BCUT2D eigenvalue weighted by Gasteiger charge is -2.21. The van der Waals surface area contributed by atoms with Gasteiger partial charge >= 0.3 is 6.03 Å². The normalized spacial score (nSPS) is 16.7. The minimum absolute atomic E-state index is 0.0671. The Labute approximate surface area is 149 Å². The third-order valence-electron chi connectivity index (χ3n) is 3.96. The molecule has 25 heavy (non-hydrogen) atoms. The Kier molecular flexibility index (Phi) is 7.21. The van der Waals surface area contributed by atoms with Gasteiger partial charge in [-0.25, -0.2) is 4.79 Å². The summed E-state index contributed by atoms with van der Waals surface area (Å²) in [5, 5.41) is 5.75. The maximum atomic E-state index is 12.2. The van der Waals surface area contributed by atoms with Crippen molar-refractivity contribution < 1.29 is 14.3 Å². The van der Waals surface area contributed by atoms with Crippen LogP contribution in [0.1, 0.15) is 18.4 Å². The molecule has 0 saturated carbocycles. The molecular formula is C18H28N4O3. The van der Waals surface area contributed by atoms with Gasteiger partial charge < -0.3 is 25.2 Å². The second kappa shape index (κ2) is 9.39. The van der Waals surface area contributed by atoms with Crippen LogP contribution < -0.4 is 10.6 Å². The fourth-order valence-electron chi connectivity index (χ4n) is 2.74. The second-order valence-corrected chi connectivity index (χ2v) is 6.66. The molecule has 0 unspecified atom stereocenters. The third-order valence-corrected chi connectivity index (χ3v) is 3.96. The highest BCUT2D eigenvalue weighted by atomic mass is 16.5. The molecule has 1 aliphatic heterocycles. The minimum Gasteiger partial charge on any atom is -0.376 e. The van der Waals surface area contributed by atoms with E-state index < -0.39 is 0 Å². The Balaban J connectivity index is 1.80. The summed E-state index contributed by atoms with van der Waals surface area (Å²) in [7, 11) is 5.46. The zero-order valence-corrected chi connectivity index (χ0v) is 15.2. The Morgan fingerprint density at radius 2 is 2.08 bits per heavy atom. The number of likely N-dealkylation sites (N-methyl/N-ethyl adjacent to an activating group) is 2. The Morgan fingerprint density at radius 1 is 1.28 bits per heavy atom. The molecule has 0 bridgehead atoms. The van der Waals surface area contributed by atoms with Crippen LogP contribution in [0.25, 0.3) is 0 Å². The van der Waals surface area contributed by atoms with Gasteiger partial charge in [0.25, 0.3) is 0 Å². The molecule has 1 aliphatic rings. The minimum atomic E-state index is -0.127. The molecule has 1 aromatic carbocycles. The van der Waals surface area contributed by atoms with E-state index >= 15 is 0 Å². The number of nitrogens with one attached hydrogen (secondary N) is 2. The van der Waals surface area contributed by atoms with Crippen molar-refractivity contribution in [2.45, 2.75) is 25.5 Å². The lowest BCUT2D eigenvalue weighted by Crippen LogP contribution is -2.40. The highest BCUT2D eigenvalue weighted by molar-refractivity contribution is 5.92. The maximum Gasteiger partial charge on any atom is 0.317 e. The Hall–Kier alpha value is -2.12. The van der Waals surface area contributed by atoms with Gasteiger partial charge in [0.2, 0.25) is 5.91 Å². The summed E-state index contributed by atoms with van der Waals surface area (Å²) in [5.41, 5.74) is 1.66. The number of benzene rings is 1. The van der Waals surface area contributed by atoms with Gasteiger partial charge in [0, 0.05) is 32.4 Å². The number of carbonyl (C=O) groups excluding carboxylic acids is 2. The molecule has 0 aromatic heterocycles. The number of rotatable bonds is 7. The Morgan fingerprint density at radius 3 is 2.76 bits per heavy atom. The molecule has 3 amide bonds. The molecule has 1 aromatic rings. The molecule has 7 heteroatoms. The van der Waals surface area contributed by atoms with E-state index in [0.717, 1.165) is 30.7 Å². The molecule has 1 saturated heterocycles. The number of hydrogen-bond acceptors (Lipinski definition) is 4. The first-order valence-electron chi connectivity index (χ1n) is 8.58. The first-order valence-corrected chi connectivity index (χ1v) is 8.58. The largest absolute Gasteiger partial charge is 0.376 e. The van der Waals surface area contributed by atoms with Crippen LogP contribution in [-0.2, 0) is 16.1 Å². The Bertz CT molecular complexity index is 585. The number of hydrogen-bond donors (Lipinski definition) is 2. The van der Waals surface area contributed by atoms with Gasteiger partial charge in [0.1, 0.15) is 0 Å². The van der Waals surface area contributed by atoms with Crippen LogP contribution in [-0.4, -0.2) is 68.7 Å². The van der Waals surface area contributed by atoms with Crippen LogP contribution in [0, 0.1) is 0 Å². The number of nitrogens with zero attached hydrogens (tertiary/aromatic N) is 2. The fraction of sp³-hybridized carbons (Fsp3) is 0.556. The van der Waals surface area contributed by atoms with Gasteiger partial charge in [-0.15, -0.1) is 0 Å². The summed E-state index contributed by atoms with van der Waals surface area (Å²) < 4.78 is 5.55. The van der Waals surface area contributed by atoms with E-state index in [2.05, 4.69) is 10.6 Å². The van der Waals surface area contributed by atoms with Crippen molar-refractivity contribution in [2.24, 2.45) is 0 Å². The predicted octanol–water partition coefficient (Wildman–Crippen LogP) is 1.51. The number of anilines is 1. The van der Waals surface area contributed by atoms with Crippen molar-refractivity contribution in [3.63, 3.8) is 0 Å². The van der Waals surface area contributed by atoms with Crippen LogP contribution in [0.2, 0.25) is 0 Å². The van der Waals surface area contributed by atoms with Crippen molar-refractivity contribution in [2.75, 3.05) is 46.2 Å². The lowest BCUT2D eigenvalue weighted by atomic mass is 10.2. The molecule has 2 rings (SSSR count). The first kappa shape index (κ1) is 19.2. The number of amides is 3. The first-order chi connectivity index (χ1) is 11.9. The van der Waals surface area contributed by atoms with E-state index in [1.165, 1.54) is 0 Å². The smallest absolute Gasteiger partial charge is 0.317 e. The van der Waals surface area contributed by atoms with E-state index in [9.17, 15) is 9.59 Å². The zero-order valence-electron chi connectivity index (χ0n) is 15.2. The highest BCUT2D eigenvalue weighted by Crippen LogP contribution is 2.13. The van der Waals surface area contributed by atoms with Crippen LogP contribution in [0.5, 0.6) is 0 Å². The quantitative estimate of drug-likeness (QED) is 0.783. The topological polar surface area (TPSA) is 73.9 Å². The van der Waals surface area contributed by atoms with Crippen LogP contribution in [0.15, 0.2) is 24.3 Å². The third kappa shape index (κ3) is 6.72. The molecule has 138 valence electrons. The van der Waals surface area contributed by atoms with Crippen LogP contribution in [0.4, 0.5) is 10.5 Å². The van der Waals surface area contributed by atoms with Crippen molar-refractivity contribution in [3.05, 3.63) is 29.8 Å². The number of urea groups is 1. The van der Waals surface area contributed by atoms with Crippen LogP contribution >= 0.6 is 0 Å². The molecular weight excluding hydrogens is 320 g/mol. The molecule has 0 aliphatic carbocycles. The zero-order chi connectivity index (χ0) is 18.2. The van der Waals surface area contributed by atoms with Gasteiger partial charge in [-0.05, 0) is 44.6 Å². The van der Waals surface area contributed by atoms with Crippen molar-refractivity contribution in [1.29, 1.82) is 0 Å². The average Bonchev–Trinajstić information content (AvgIpc) is 3.05. The van der Waals surface area contributed by atoms with Gasteiger partial charge in [-0.1, -0.05) is 12.1 Å². The molecule has 1 heterocycles. The van der Waals surface area contributed by atoms with E-state index in [1.54, 1.807) is 11.9 Å². The summed E-state index contributed by atoms with van der Waals surface area (Å²) in [5.74, 6) is -0.0671. The van der Waals surface area contributed by atoms with Gasteiger partial charge in [0.05, 0.1) is 12.6 Å². The molecule has 2 N–H and O–H groups in total. The summed E-state index contributed by atoms with van der Waals surface area (Å²) >= 11 is 0. The van der Waals surface area contributed by atoms with Crippen molar-refractivity contribution >= 4 is 17.6 Å². The summed E-state index contributed by atoms with van der Waals surface area (Å²) in [4.78, 5) is 27.4. The fourth-order valence-corrected chi connectivity index (χ4v) is 2.74. The van der Waals surface area contributed by atoms with E-state index in [1.807, 2.05) is 43.3 Å². The monoisotopic (exact) mass is 348 g/mol. The number of ether oxygens (including phenoxy) is 1. The molecule has 0 spiro atoms. The second-order valence-electron chi connectivity index (χ2n) is 6.66. The highest BCUT2D eigenvalue weighted by Gasteiger charge is 2.19. The van der Waals surface area contributed by atoms with Gasteiger partial charge in [0.15, 0.2) is 0 Å². The molecule has 7 nitrogen and oxygen atoms in total. The van der Waals surface area contributed by atoms with Crippen molar-refractivity contribution in [1.82, 2.24) is 15.1 Å². The van der Waals surface area contributed by atoms with Crippen LogP contribution in [0.3, 0.4) is 0 Å². The summed E-state index contributed by atoms with van der Waals surface area (Å²) in [6.07, 6.45) is 2.21. The molecule has 1 atom stereocenters. The van der Waals surface area contributed by atoms with E-state index in [-0.39, 0.29) is 18.0 Å². The molecule has 0 radical (unpaired) electrons. The average molecular weight is 348 g/mol. The van der Waals surface area contributed by atoms with E-state index in [4.69, 9.17) is 4.74 Å². The SMILES string of the molecule is CN(C)CC(=O)Nc1cccc(CNC(=O)N(C)C[C@@H]2CCCO2)c1. The summed E-state index contributed by atoms with van der Waals surface area (Å²) in [6.45, 7) is 2.13. The summed E-state index contributed by atoms with van der Waals surface area (Å²) in [6, 6.07) is 7.36.